The first-order chi connectivity index (χ1) is 11.2. The van der Waals surface area contributed by atoms with Gasteiger partial charge < -0.3 is 9.64 Å². The van der Waals surface area contributed by atoms with Gasteiger partial charge in [0.2, 0.25) is 16.0 Å². The second-order valence-corrected chi connectivity index (χ2v) is 7.39. The Kier molecular flexibility index (Phi) is 5.40. The molecule has 8 heteroatoms. The molecule has 2 rings (SSSR count). The van der Waals surface area contributed by atoms with Gasteiger partial charge in [0, 0.05) is 20.3 Å². The summed E-state index contributed by atoms with van der Waals surface area (Å²) in [4.78, 5) is 10.4. The minimum absolute atomic E-state index is 0.0935. The molecule has 0 bridgehead atoms. The van der Waals surface area contributed by atoms with Crippen molar-refractivity contribution >= 4 is 16.0 Å². The minimum Gasteiger partial charge on any atom is -0.496 e. The quantitative estimate of drug-likeness (QED) is 0.853. The first-order valence-electron chi connectivity index (χ1n) is 7.38. The standard InChI is InChI=1S/C16H22N4O3S/c1-11-9-15(12(2)8-14(11)23-5)24(21,22)18-10-13-6-7-17-16(19-13)20(3)4/h6-9,18H,10H2,1-5H3. The number of nitrogens with one attached hydrogen (secondary N) is 1. The Balaban J connectivity index is 2.23. The van der Waals surface area contributed by atoms with E-state index in [1.807, 2.05) is 21.0 Å². The third kappa shape index (κ3) is 4.01. The van der Waals surface area contributed by atoms with Gasteiger partial charge in [0.05, 0.1) is 24.2 Å². The number of methoxy groups -OCH3 is 1. The third-order valence-electron chi connectivity index (χ3n) is 3.53. The zero-order chi connectivity index (χ0) is 17.9. The van der Waals surface area contributed by atoms with Crippen LogP contribution in [0.25, 0.3) is 0 Å². The number of hydrogen-bond acceptors (Lipinski definition) is 6. The highest BCUT2D eigenvalue weighted by molar-refractivity contribution is 7.89. The number of aryl methyl sites for hydroxylation is 2. The molecule has 0 saturated heterocycles. The van der Waals surface area contributed by atoms with E-state index in [2.05, 4.69) is 14.7 Å². The summed E-state index contributed by atoms with van der Waals surface area (Å²) < 4.78 is 33.0. The first kappa shape index (κ1) is 18.2. The van der Waals surface area contributed by atoms with Crippen LogP contribution in [0.5, 0.6) is 5.75 Å². The second kappa shape index (κ2) is 7.14. The van der Waals surface area contributed by atoms with Crippen molar-refractivity contribution in [3.05, 3.63) is 41.2 Å². The summed E-state index contributed by atoms with van der Waals surface area (Å²) in [5, 5.41) is 0. The van der Waals surface area contributed by atoms with Crippen molar-refractivity contribution in [2.45, 2.75) is 25.3 Å². The summed E-state index contributed by atoms with van der Waals surface area (Å²) >= 11 is 0. The minimum atomic E-state index is -3.65. The molecule has 0 unspecified atom stereocenters. The maximum absolute atomic E-state index is 12.6. The number of aromatic nitrogens is 2. The van der Waals surface area contributed by atoms with E-state index in [1.54, 1.807) is 43.3 Å². The monoisotopic (exact) mass is 350 g/mol. The van der Waals surface area contributed by atoms with E-state index in [-0.39, 0.29) is 11.4 Å². The van der Waals surface area contributed by atoms with Gasteiger partial charge in [-0.25, -0.2) is 23.1 Å². The molecular formula is C16H22N4O3S. The molecule has 0 aliphatic heterocycles. The Bertz CT molecular complexity index is 835. The van der Waals surface area contributed by atoms with Gasteiger partial charge in [-0.1, -0.05) is 0 Å². The van der Waals surface area contributed by atoms with E-state index >= 15 is 0 Å². The lowest BCUT2D eigenvalue weighted by Gasteiger charge is -2.13. The number of nitrogens with zero attached hydrogens (tertiary/aromatic N) is 3. The Morgan fingerprint density at radius 1 is 1.21 bits per heavy atom. The average molecular weight is 350 g/mol. The Labute approximate surface area is 142 Å². The van der Waals surface area contributed by atoms with E-state index in [0.29, 0.717) is 23.0 Å². The van der Waals surface area contributed by atoms with E-state index in [0.717, 1.165) is 5.56 Å². The first-order valence-corrected chi connectivity index (χ1v) is 8.87. The van der Waals surface area contributed by atoms with E-state index in [9.17, 15) is 8.42 Å². The van der Waals surface area contributed by atoms with Crippen LogP contribution >= 0.6 is 0 Å². The van der Waals surface area contributed by atoms with Gasteiger partial charge in [0.25, 0.3) is 0 Å². The van der Waals surface area contributed by atoms with Gasteiger partial charge in [-0.2, -0.15) is 0 Å². The van der Waals surface area contributed by atoms with Crippen LogP contribution in [0.1, 0.15) is 16.8 Å². The lowest BCUT2D eigenvalue weighted by Crippen LogP contribution is -2.25. The largest absolute Gasteiger partial charge is 0.496 e. The smallest absolute Gasteiger partial charge is 0.241 e. The lowest BCUT2D eigenvalue weighted by molar-refractivity contribution is 0.411. The van der Waals surface area contributed by atoms with Crippen LogP contribution in [0.3, 0.4) is 0 Å². The highest BCUT2D eigenvalue weighted by atomic mass is 32.2. The number of hydrogen-bond donors (Lipinski definition) is 1. The zero-order valence-electron chi connectivity index (χ0n) is 14.5. The third-order valence-corrected chi connectivity index (χ3v) is 5.07. The highest BCUT2D eigenvalue weighted by Crippen LogP contribution is 2.25. The fourth-order valence-electron chi connectivity index (χ4n) is 2.22. The maximum Gasteiger partial charge on any atom is 0.241 e. The molecule has 0 atom stereocenters. The number of benzene rings is 1. The molecule has 0 aliphatic carbocycles. The predicted molar refractivity (Wildman–Crippen MR) is 92.9 cm³/mol. The molecule has 1 heterocycles. The fraction of sp³-hybridized carbons (Fsp3) is 0.375. The van der Waals surface area contributed by atoms with Gasteiger partial charge in [-0.05, 0) is 43.2 Å². The number of ether oxygens (including phenoxy) is 1. The molecule has 0 spiro atoms. The Morgan fingerprint density at radius 2 is 1.92 bits per heavy atom. The van der Waals surface area contributed by atoms with Crippen LogP contribution in [0.15, 0.2) is 29.3 Å². The molecule has 2 aromatic rings. The Hall–Kier alpha value is -2.19. The van der Waals surface area contributed by atoms with Crippen LogP contribution in [0.2, 0.25) is 0 Å². The maximum atomic E-state index is 12.6. The number of rotatable bonds is 6. The van der Waals surface area contributed by atoms with Crippen molar-refractivity contribution in [3.8, 4) is 5.75 Å². The molecule has 1 aromatic heterocycles. The number of sulfonamides is 1. The predicted octanol–water partition coefficient (Wildman–Crippen LogP) is 1.65. The van der Waals surface area contributed by atoms with E-state index in [1.165, 1.54) is 0 Å². The highest BCUT2D eigenvalue weighted by Gasteiger charge is 2.19. The molecule has 24 heavy (non-hydrogen) atoms. The van der Waals surface area contributed by atoms with Gasteiger partial charge in [0.1, 0.15) is 5.75 Å². The van der Waals surface area contributed by atoms with Gasteiger partial charge >= 0.3 is 0 Å². The second-order valence-electron chi connectivity index (χ2n) is 5.65. The summed E-state index contributed by atoms with van der Waals surface area (Å²) in [6.07, 6.45) is 1.61. The van der Waals surface area contributed by atoms with E-state index in [4.69, 9.17) is 4.74 Å². The number of anilines is 1. The van der Waals surface area contributed by atoms with Crippen LogP contribution in [0.4, 0.5) is 5.95 Å². The molecule has 7 nitrogen and oxygen atoms in total. The summed E-state index contributed by atoms with van der Waals surface area (Å²) in [7, 11) is 1.56. The normalized spacial score (nSPS) is 11.4. The fourth-order valence-corrected chi connectivity index (χ4v) is 3.53. The van der Waals surface area contributed by atoms with Crippen molar-refractivity contribution in [2.75, 3.05) is 26.1 Å². The lowest BCUT2D eigenvalue weighted by atomic mass is 10.1. The van der Waals surface area contributed by atoms with Gasteiger partial charge in [-0.3, -0.25) is 0 Å². The van der Waals surface area contributed by atoms with E-state index < -0.39 is 10.0 Å². The van der Waals surface area contributed by atoms with Crippen molar-refractivity contribution in [3.63, 3.8) is 0 Å². The van der Waals surface area contributed by atoms with Crippen LogP contribution in [-0.4, -0.2) is 39.6 Å². The molecule has 0 amide bonds. The Morgan fingerprint density at radius 3 is 2.54 bits per heavy atom. The van der Waals surface area contributed by atoms with Crippen molar-refractivity contribution in [2.24, 2.45) is 0 Å². The molecule has 0 radical (unpaired) electrons. The summed E-state index contributed by atoms with van der Waals surface area (Å²) in [6.45, 7) is 3.65. The van der Waals surface area contributed by atoms with Crippen LogP contribution < -0.4 is 14.4 Å². The zero-order valence-corrected chi connectivity index (χ0v) is 15.3. The average Bonchev–Trinajstić information content (AvgIpc) is 2.55. The summed E-state index contributed by atoms with van der Waals surface area (Å²) in [5.41, 5.74) is 1.99. The van der Waals surface area contributed by atoms with Gasteiger partial charge in [0.15, 0.2) is 0 Å². The molecule has 0 saturated carbocycles. The van der Waals surface area contributed by atoms with Crippen molar-refractivity contribution < 1.29 is 13.2 Å². The molecule has 1 N–H and O–H groups in total. The molecule has 1 aromatic carbocycles. The molecule has 0 aliphatic rings. The summed E-state index contributed by atoms with van der Waals surface area (Å²) in [5.74, 6) is 1.20. The topological polar surface area (TPSA) is 84.4 Å². The molecular weight excluding hydrogens is 328 g/mol. The molecule has 130 valence electrons. The van der Waals surface area contributed by atoms with Crippen molar-refractivity contribution in [1.29, 1.82) is 0 Å². The van der Waals surface area contributed by atoms with Gasteiger partial charge in [-0.15, -0.1) is 0 Å². The summed E-state index contributed by atoms with van der Waals surface area (Å²) in [6, 6.07) is 5.02. The van der Waals surface area contributed by atoms with Crippen molar-refractivity contribution in [1.82, 2.24) is 14.7 Å². The SMILES string of the molecule is COc1cc(C)c(S(=O)(=O)NCc2ccnc(N(C)C)n2)cc1C. The van der Waals surface area contributed by atoms with Crippen LogP contribution in [-0.2, 0) is 16.6 Å². The molecule has 0 fully saturated rings. The van der Waals surface area contributed by atoms with Crippen LogP contribution in [0, 0.1) is 13.8 Å².